The predicted molar refractivity (Wildman–Crippen MR) is 217 cm³/mol. The SMILES string of the molecule is O=C(NC1CCCCC/C=C/C2CC2(C(=O)NS(=O)(=O)C2CC2)NC(=O)C2CC(Oc3cc(-c4ccccc4)nc4nc5ccccc5n34)CN2C1=O)OC1CCCC1. The van der Waals surface area contributed by atoms with Gasteiger partial charge < -0.3 is 25.0 Å². The van der Waals surface area contributed by atoms with E-state index in [1.54, 1.807) is 0 Å². The molecule has 4 aromatic rings. The van der Waals surface area contributed by atoms with Crippen molar-refractivity contribution in [3.05, 3.63) is 72.8 Å². The smallest absolute Gasteiger partial charge is 0.408 e. The molecule has 1 saturated heterocycles. The summed E-state index contributed by atoms with van der Waals surface area (Å²) in [6.07, 6.45) is 10.2. The Bertz CT molecular complexity index is 2410. The van der Waals surface area contributed by atoms with Crippen molar-refractivity contribution in [2.75, 3.05) is 6.54 Å². The fourth-order valence-electron chi connectivity index (χ4n) is 8.82. The Balaban J connectivity index is 1.05. The fourth-order valence-corrected chi connectivity index (χ4v) is 10.2. The van der Waals surface area contributed by atoms with Gasteiger partial charge in [-0.15, -0.1) is 0 Å². The van der Waals surface area contributed by atoms with Crippen LogP contribution in [-0.2, 0) is 29.1 Å². The Morgan fingerprint density at radius 2 is 1.64 bits per heavy atom. The number of nitrogens with zero attached hydrogens (tertiary/aromatic N) is 4. The number of hydrogen-bond acceptors (Lipinski definition) is 10. The molecule has 2 aliphatic heterocycles. The van der Waals surface area contributed by atoms with Gasteiger partial charge in [0.25, 0.3) is 5.91 Å². The summed E-state index contributed by atoms with van der Waals surface area (Å²) in [4.78, 5) is 67.6. The van der Waals surface area contributed by atoms with Crippen molar-refractivity contribution in [3.63, 3.8) is 0 Å². The van der Waals surface area contributed by atoms with E-state index in [1.165, 1.54) is 4.90 Å². The molecule has 9 rings (SSSR count). The van der Waals surface area contributed by atoms with E-state index < -0.39 is 68.7 Å². The molecule has 5 unspecified atom stereocenters. The van der Waals surface area contributed by atoms with Crippen molar-refractivity contribution >= 4 is 50.6 Å². The van der Waals surface area contributed by atoms with Crippen LogP contribution in [-0.4, -0.2) is 93.1 Å². The van der Waals surface area contributed by atoms with Gasteiger partial charge in [0.1, 0.15) is 29.8 Å². The van der Waals surface area contributed by atoms with Gasteiger partial charge in [-0.05, 0) is 76.3 Å². The van der Waals surface area contributed by atoms with E-state index in [9.17, 15) is 27.6 Å². The molecule has 5 atom stereocenters. The van der Waals surface area contributed by atoms with Crippen molar-refractivity contribution in [1.29, 1.82) is 0 Å². The van der Waals surface area contributed by atoms with Crippen LogP contribution in [0.3, 0.4) is 0 Å². The minimum atomic E-state index is -3.90. The van der Waals surface area contributed by atoms with Crippen LogP contribution in [0, 0.1) is 5.92 Å². The van der Waals surface area contributed by atoms with Crippen molar-refractivity contribution in [3.8, 4) is 17.1 Å². The van der Waals surface area contributed by atoms with Gasteiger partial charge in [0, 0.05) is 24.0 Å². The highest BCUT2D eigenvalue weighted by atomic mass is 32.2. The number of aromatic nitrogens is 3. The first-order valence-corrected chi connectivity index (χ1v) is 22.5. The highest BCUT2D eigenvalue weighted by Gasteiger charge is 2.62. The number of sulfonamides is 1. The predicted octanol–water partition coefficient (Wildman–Crippen LogP) is 4.94. The number of fused-ring (bicyclic) bond motifs is 5. The molecule has 4 heterocycles. The molecular weight excluding hydrogens is 775 g/mol. The number of nitrogens with one attached hydrogen (secondary N) is 3. The van der Waals surface area contributed by atoms with Crippen LogP contribution in [0.5, 0.6) is 5.88 Å². The summed E-state index contributed by atoms with van der Waals surface area (Å²) >= 11 is 0. The van der Waals surface area contributed by atoms with E-state index in [4.69, 9.17) is 19.4 Å². The lowest BCUT2D eigenvalue weighted by Crippen LogP contribution is -2.58. The van der Waals surface area contributed by atoms with Crippen LogP contribution in [0.1, 0.15) is 83.5 Å². The van der Waals surface area contributed by atoms with Crippen molar-refractivity contribution in [1.82, 2.24) is 34.6 Å². The zero-order chi connectivity index (χ0) is 40.7. The first-order valence-electron chi connectivity index (χ1n) is 20.9. The first-order chi connectivity index (χ1) is 28.6. The number of allylic oxidation sites excluding steroid dienone is 1. The lowest BCUT2D eigenvalue weighted by atomic mass is 10.0. The maximum atomic E-state index is 14.8. The van der Waals surface area contributed by atoms with E-state index in [0.29, 0.717) is 55.0 Å². The summed E-state index contributed by atoms with van der Waals surface area (Å²) in [5.41, 5.74) is 1.43. The number of carbonyl (C=O) groups excluding carboxylic acids is 4. The van der Waals surface area contributed by atoms with E-state index in [1.807, 2.05) is 77.2 Å². The molecular formula is C43H49N7O8S. The molecule has 16 heteroatoms. The van der Waals surface area contributed by atoms with Gasteiger partial charge in [-0.1, -0.05) is 67.5 Å². The Kier molecular flexibility index (Phi) is 10.5. The molecule has 0 radical (unpaired) electrons. The van der Waals surface area contributed by atoms with Gasteiger partial charge in [0.05, 0.1) is 28.5 Å². The monoisotopic (exact) mass is 823 g/mol. The first kappa shape index (κ1) is 39.0. The zero-order valence-corrected chi connectivity index (χ0v) is 33.6. The molecule has 4 amide bonds. The Hall–Kier alpha value is -5.51. The molecule has 0 spiro atoms. The van der Waals surface area contributed by atoms with Crippen LogP contribution < -0.4 is 20.1 Å². The van der Waals surface area contributed by atoms with E-state index in [-0.39, 0.29) is 25.5 Å². The van der Waals surface area contributed by atoms with Gasteiger partial charge in [0.2, 0.25) is 33.5 Å². The number of benzene rings is 2. The standard InChI is InChI=1S/C43H49N7O8S/c51-38-36-23-30(57-37-24-34(27-13-5-4-6-14-27)45-41-44-32-18-11-12-20-35(32)50(37)41)26-49(36)39(52)33(46-42(54)58-29-16-9-10-17-29)19-8-3-1-2-7-15-28-25-43(28,47-38)40(53)48-59(55,56)31-21-22-31/h4-7,11-15,18,20,24,28-31,33,36H,1-3,8-10,16-17,19,21-23,25-26H2,(H,46,54)(H,47,51)(H,48,53)/b15-7+. The minimum absolute atomic E-state index is 0.0114. The maximum absolute atomic E-state index is 14.8. The highest BCUT2D eigenvalue weighted by Crippen LogP contribution is 2.46. The molecule has 310 valence electrons. The minimum Gasteiger partial charge on any atom is -0.473 e. The molecule has 4 fully saturated rings. The van der Waals surface area contributed by atoms with Crippen LogP contribution in [0.2, 0.25) is 0 Å². The average Bonchev–Trinajstić information content (AvgIpc) is 4.03. The second-order valence-corrected chi connectivity index (χ2v) is 18.5. The van der Waals surface area contributed by atoms with Gasteiger partial charge in [-0.2, -0.15) is 0 Å². The Labute approximate surface area is 342 Å². The summed E-state index contributed by atoms with van der Waals surface area (Å²) in [6.45, 7) is -0.0114. The molecule has 0 bridgehead atoms. The fraction of sp³-hybridized carbons (Fsp3) is 0.488. The number of rotatable bonds is 8. The third-order valence-electron chi connectivity index (χ3n) is 12.3. The third kappa shape index (κ3) is 8.10. The molecule has 59 heavy (non-hydrogen) atoms. The number of para-hydroxylation sites is 2. The van der Waals surface area contributed by atoms with Gasteiger partial charge in [0.15, 0.2) is 0 Å². The summed E-state index contributed by atoms with van der Waals surface area (Å²) in [5, 5.41) is 5.14. The number of ether oxygens (including phenoxy) is 2. The number of hydrogen-bond donors (Lipinski definition) is 3. The van der Waals surface area contributed by atoms with Crippen LogP contribution in [0.25, 0.3) is 28.1 Å². The second-order valence-electron chi connectivity index (χ2n) is 16.6. The zero-order valence-electron chi connectivity index (χ0n) is 32.8. The quantitative estimate of drug-likeness (QED) is 0.205. The topological polar surface area (TPSA) is 190 Å². The van der Waals surface area contributed by atoms with Gasteiger partial charge >= 0.3 is 6.09 Å². The van der Waals surface area contributed by atoms with E-state index >= 15 is 0 Å². The largest absolute Gasteiger partial charge is 0.473 e. The lowest BCUT2D eigenvalue weighted by molar-refractivity contribution is -0.141. The second kappa shape index (κ2) is 15.9. The molecule has 5 aliphatic rings. The lowest BCUT2D eigenvalue weighted by Gasteiger charge is -2.30. The number of amides is 4. The van der Waals surface area contributed by atoms with Crippen molar-refractivity contribution in [2.45, 2.75) is 119 Å². The van der Waals surface area contributed by atoms with Gasteiger partial charge in [-0.3, -0.25) is 19.1 Å². The van der Waals surface area contributed by atoms with Crippen molar-refractivity contribution in [2.24, 2.45) is 5.92 Å². The van der Waals surface area contributed by atoms with Gasteiger partial charge in [-0.25, -0.2) is 27.6 Å². The summed E-state index contributed by atoms with van der Waals surface area (Å²) < 4.78 is 42.5. The molecule has 2 aromatic heterocycles. The number of imidazole rings is 1. The number of alkyl carbamates (subject to hydrolysis) is 1. The maximum Gasteiger partial charge on any atom is 0.408 e. The highest BCUT2D eigenvalue weighted by molar-refractivity contribution is 7.91. The van der Waals surface area contributed by atoms with Crippen LogP contribution >= 0.6 is 0 Å². The molecule has 3 N–H and O–H groups in total. The third-order valence-corrected chi connectivity index (χ3v) is 14.1. The average molecular weight is 824 g/mol. The summed E-state index contributed by atoms with van der Waals surface area (Å²) in [5.74, 6) is -1.47. The van der Waals surface area contributed by atoms with Crippen LogP contribution in [0.15, 0.2) is 72.8 Å². The normalized spacial score (nSPS) is 27.2. The molecule has 3 aliphatic carbocycles. The van der Waals surface area contributed by atoms with Crippen LogP contribution in [0.4, 0.5) is 4.79 Å². The van der Waals surface area contributed by atoms with E-state index in [0.717, 1.165) is 49.6 Å². The molecule has 2 aromatic carbocycles. The molecule has 3 saturated carbocycles. The summed E-state index contributed by atoms with van der Waals surface area (Å²) in [6, 6.07) is 16.9. The van der Waals surface area contributed by atoms with E-state index in [2.05, 4.69) is 15.4 Å². The summed E-state index contributed by atoms with van der Waals surface area (Å²) in [7, 11) is -3.90. The van der Waals surface area contributed by atoms with Crippen molar-refractivity contribution < 1.29 is 37.1 Å². The molecule has 15 nitrogen and oxygen atoms in total. The Morgan fingerprint density at radius 3 is 2.44 bits per heavy atom. The number of carbonyl (C=O) groups is 4. The Morgan fingerprint density at radius 1 is 0.881 bits per heavy atom.